The van der Waals surface area contributed by atoms with Crippen molar-refractivity contribution in [2.75, 3.05) is 0 Å². The van der Waals surface area contributed by atoms with E-state index in [4.69, 9.17) is 10.5 Å². The van der Waals surface area contributed by atoms with Crippen LogP contribution in [0.3, 0.4) is 0 Å². The number of carbonyl (C=O) groups is 2. The Kier molecular flexibility index (Phi) is 4.97. The molecule has 4 atom stereocenters. The predicted octanol–water partition coefficient (Wildman–Crippen LogP) is 3.66. The van der Waals surface area contributed by atoms with Gasteiger partial charge >= 0.3 is 0 Å². The molecule has 0 bridgehead atoms. The number of Topliss-reactive ketones (excluding diaryl/α,β-unsaturated/α-hetero) is 2. The van der Waals surface area contributed by atoms with Crippen LogP contribution in [-0.4, -0.2) is 11.6 Å². The highest BCUT2D eigenvalue weighted by Crippen LogP contribution is 2.51. The van der Waals surface area contributed by atoms with E-state index in [0.29, 0.717) is 12.8 Å². The molecule has 0 N–H and O–H groups in total. The molecule has 0 aromatic heterocycles. The summed E-state index contributed by atoms with van der Waals surface area (Å²) in [6.45, 7) is 6.16. The Bertz CT molecular complexity index is 780. The van der Waals surface area contributed by atoms with E-state index in [1.54, 1.807) is 0 Å². The first-order valence-corrected chi connectivity index (χ1v) is 9.45. The molecule has 0 aliphatic heterocycles. The summed E-state index contributed by atoms with van der Waals surface area (Å²) in [5.41, 5.74) is 4.28. The number of nitrogens with zero attached hydrogens (tertiary/aromatic N) is 2. The van der Waals surface area contributed by atoms with Crippen molar-refractivity contribution in [3.63, 3.8) is 0 Å². The number of ketones is 2. The van der Waals surface area contributed by atoms with E-state index in [1.165, 1.54) is 0 Å². The second-order valence-corrected chi connectivity index (χ2v) is 7.62. The summed E-state index contributed by atoms with van der Waals surface area (Å²) in [5.74, 6) is -2.18. The van der Waals surface area contributed by atoms with Crippen LogP contribution >= 0.6 is 0 Å². The van der Waals surface area contributed by atoms with Gasteiger partial charge in [0, 0.05) is 11.8 Å². The second-order valence-electron chi connectivity index (χ2n) is 7.62. The molecule has 4 nitrogen and oxygen atoms in total. The lowest BCUT2D eigenvalue weighted by molar-refractivity contribution is -0.125. The third-order valence-electron chi connectivity index (χ3n) is 6.19. The quantitative estimate of drug-likeness (QED) is 0.778. The van der Waals surface area contributed by atoms with Crippen LogP contribution in [0.4, 0.5) is 0 Å². The van der Waals surface area contributed by atoms with E-state index in [2.05, 4.69) is 26.0 Å². The maximum Gasteiger partial charge on any atom is 0.151 e. The highest BCUT2D eigenvalue weighted by molar-refractivity contribution is 6.16. The van der Waals surface area contributed by atoms with Crippen LogP contribution in [0.25, 0.3) is 0 Å². The molecule has 2 aliphatic carbocycles. The third kappa shape index (κ3) is 2.74. The molecule has 0 spiro atoms. The number of hydrogen-bond acceptors (Lipinski definition) is 4. The average molecular weight is 348 g/mol. The number of carbonyl (C=O) groups excluding carboxylic acids is 2. The molecular formula is C22H24N2O2. The zero-order valence-corrected chi connectivity index (χ0v) is 15.6. The molecule has 0 saturated heterocycles. The lowest BCUT2D eigenvalue weighted by Crippen LogP contribution is -2.22. The molecule has 2 aliphatic rings. The number of nitriles is 2. The lowest BCUT2D eigenvalue weighted by atomic mass is 9.81. The van der Waals surface area contributed by atoms with Gasteiger partial charge in [-0.15, -0.1) is 0 Å². The normalized spacial score (nSPS) is 27.5. The number of rotatable bonds is 4. The average Bonchev–Trinajstić information content (AvgIpc) is 3.16. The Balaban J connectivity index is 1.98. The number of fused-ring (bicyclic) bond motifs is 1. The van der Waals surface area contributed by atoms with Crippen LogP contribution in [0.2, 0.25) is 0 Å². The maximum absolute atomic E-state index is 13.2. The zero-order chi connectivity index (χ0) is 19.0. The van der Waals surface area contributed by atoms with E-state index in [-0.39, 0.29) is 29.3 Å². The number of benzene rings is 1. The summed E-state index contributed by atoms with van der Waals surface area (Å²) in [5, 5.41) is 18.3. The van der Waals surface area contributed by atoms with Crippen molar-refractivity contribution in [3.8, 4) is 12.1 Å². The minimum Gasteiger partial charge on any atom is -0.298 e. The van der Waals surface area contributed by atoms with Crippen molar-refractivity contribution in [3.05, 3.63) is 34.4 Å². The van der Waals surface area contributed by atoms with Gasteiger partial charge in [-0.25, -0.2) is 0 Å². The van der Waals surface area contributed by atoms with Crippen LogP contribution < -0.4 is 0 Å². The molecule has 0 heterocycles. The van der Waals surface area contributed by atoms with Gasteiger partial charge in [-0.1, -0.05) is 31.5 Å². The van der Waals surface area contributed by atoms with Crippen molar-refractivity contribution in [2.24, 2.45) is 23.7 Å². The molecule has 1 aromatic carbocycles. The molecule has 134 valence electrons. The van der Waals surface area contributed by atoms with E-state index in [9.17, 15) is 9.59 Å². The molecule has 2 unspecified atom stereocenters. The standard InChI is InChI=1S/C22H24N2O2/c1-4-13-6-12(3)7-14(5-2)19(13)20-21(25)17-8-15(16(10-23)11-24)9-18(17)22(20)26/h6-7,15-18,20H,4-5,8-9H2,1-3H3/t15?,17-,18+,20?. The summed E-state index contributed by atoms with van der Waals surface area (Å²) in [6, 6.07) is 8.21. The van der Waals surface area contributed by atoms with E-state index in [1.807, 2.05) is 19.1 Å². The van der Waals surface area contributed by atoms with Gasteiger partial charge in [0.05, 0.1) is 12.1 Å². The van der Waals surface area contributed by atoms with Gasteiger partial charge in [0.25, 0.3) is 0 Å². The van der Waals surface area contributed by atoms with Gasteiger partial charge in [0.15, 0.2) is 11.6 Å². The van der Waals surface area contributed by atoms with Crippen LogP contribution in [0.15, 0.2) is 12.1 Å². The van der Waals surface area contributed by atoms with E-state index in [0.717, 1.165) is 35.1 Å². The second kappa shape index (κ2) is 7.04. The number of hydrogen-bond donors (Lipinski definition) is 0. The predicted molar refractivity (Wildman–Crippen MR) is 97.1 cm³/mol. The van der Waals surface area contributed by atoms with Crippen molar-refractivity contribution in [1.82, 2.24) is 0 Å². The van der Waals surface area contributed by atoms with Gasteiger partial charge in [-0.3, -0.25) is 9.59 Å². The summed E-state index contributed by atoms with van der Waals surface area (Å²) in [7, 11) is 0. The van der Waals surface area contributed by atoms with Gasteiger partial charge < -0.3 is 0 Å². The zero-order valence-electron chi connectivity index (χ0n) is 15.6. The Morgan fingerprint density at radius 3 is 1.85 bits per heavy atom. The Labute approximate surface area is 154 Å². The molecule has 0 radical (unpaired) electrons. The SMILES string of the molecule is CCc1cc(C)cc(CC)c1C1C(=O)[C@H]2CC(C(C#N)C#N)C[C@H]2C1=O. The molecular weight excluding hydrogens is 324 g/mol. The molecule has 3 rings (SSSR count). The molecule has 0 amide bonds. The fourth-order valence-electron chi connectivity index (χ4n) is 4.98. The van der Waals surface area contributed by atoms with Crippen molar-refractivity contribution < 1.29 is 9.59 Å². The number of aryl methyl sites for hydroxylation is 3. The minimum absolute atomic E-state index is 0.00498. The van der Waals surface area contributed by atoms with Gasteiger partial charge in [-0.05, 0) is 55.2 Å². The topological polar surface area (TPSA) is 81.7 Å². The monoisotopic (exact) mass is 348 g/mol. The van der Waals surface area contributed by atoms with Crippen molar-refractivity contribution >= 4 is 11.6 Å². The van der Waals surface area contributed by atoms with E-state index < -0.39 is 11.8 Å². The highest BCUT2D eigenvalue weighted by Gasteiger charge is 2.55. The fourth-order valence-corrected chi connectivity index (χ4v) is 4.98. The van der Waals surface area contributed by atoms with Gasteiger partial charge in [0.1, 0.15) is 11.8 Å². The Morgan fingerprint density at radius 1 is 1.00 bits per heavy atom. The third-order valence-corrected chi connectivity index (χ3v) is 6.19. The van der Waals surface area contributed by atoms with Crippen LogP contribution in [0.1, 0.15) is 54.9 Å². The maximum atomic E-state index is 13.2. The molecule has 2 fully saturated rings. The Hall–Kier alpha value is -2.46. The first kappa shape index (κ1) is 18.3. The molecule has 26 heavy (non-hydrogen) atoms. The highest BCUT2D eigenvalue weighted by atomic mass is 16.2. The minimum atomic E-state index is -0.726. The summed E-state index contributed by atoms with van der Waals surface area (Å²) < 4.78 is 0. The van der Waals surface area contributed by atoms with Crippen molar-refractivity contribution in [2.45, 2.75) is 52.4 Å². The van der Waals surface area contributed by atoms with Crippen LogP contribution in [-0.2, 0) is 22.4 Å². The summed E-state index contributed by atoms with van der Waals surface area (Å²) in [4.78, 5) is 26.4. The molecule has 1 aromatic rings. The molecule has 2 saturated carbocycles. The largest absolute Gasteiger partial charge is 0.298 e. The summed E-state index contributed by atoms with van der Waals surface area (Å²) in [6.07, 6.45) is 2.58. The Morgan fingerprint density at radius 2 is 1.46 bits per heavy atom. The smallest absolute Gasteiger partial charge is 0.151 e. The first-order valence-electron chi connectivity index (χ1n) is 9.45. The van der Waals surface area contributed by atoms with Crippen molar-refractivity contribution in [1.29, 1.82) is 10.5 Å². The van der Waals surface area contributed by atoms with Crippen LogP contribution in [0.5, 0.6) is 0 Å². The lowest BCUT2D eigenvalue weighted by Gasteiger charge is -2.20. The summed E-state index contributed by atoms with van der Waals surface area (Å²) >= 11 is 0. The van der Waals surface area contributed by atoms with E-state index >= 15 is 0 Å². The fraction of sp³-hybridized carbons (Fsp3) is 0.545. The molecule has 4 heteroatoms. The van der Waals surface area contributed by atoms with Gasteiger partial charge in [-0.2, -0.15) is 10.5 Å². The van der Waals surface area contributed by atoms with Crippen LogP contribution in [0, 0.1) is 53.3 Å². The first-order chi connectivity index (χ1) is 12.5. The van der Waals surface area contributed by atoms with Gasteiger partial charge in [0.2, 0.25) is 0 Å².